The summed E-state index contributed by atoms with van der Waals surface area (Å²) < 4.78 is 32.6. The van der Waals surface area contributed by atoms with Crippen molar-refractivity contribution in [1.82, 2.24) is 4.90 Å². The summed E-state index contributed by atoms with van der Waals surface area (Å²) >= 11 is 0. The number of fused-ring (bicyclic) bond motifs is 2. The predicted molar refractivity (Wildman–Crippen MR) is 150 cm³/mol. The fourth-order valence-electron chi connectivity index (χ4n) is 5.17. The Morgan fingerprint density at radius 2 is 1.85 bits per heavy atom. The molecule has 2 aliphatic rings. The number of ether oxygens (including phenoxy) is 3. The zero-order valence-corrected chi connectivity index (χ0v) is 23.9. The van der Waals surface area contributed by atoms with E-state index in [1.165, 1.54) is 0 Å². The molecule has 0 saturated heterocycles. The van der Waals surface area contributed by atoms with Crippen molar-refractivity contribution in [1.29, 1.82) is 5.41 Å². The number of ketones is 1. The van der Waals surface area contributed by atoms with Crippen LogP contribution in [-0.2, 0) is 16.8 Å². The Hall–Kier alpha value is -3.82. The third kappa shape index (κ3) is 5.85. The molecule has 10 heteroatoms. The quantitative estimate of drug-likeness (QED) is 0.372. The Balaban J connectivity index is 1.63. The van der Waals surface area contributed by atoms with Gasteiger partial charge in [0.15, 0.2) is 23.1 Å². The van der Waals surface area contributed by atoms with E-state index in [2.05, 4.69) is 4.90 Å². The summed E-state index contributed by atoms with van der Waals surface area (Å²) in [6.45, 7) is 12.0. The number of anilines is 1. The van der Waals surface area contributed by atoms with Gasteiger partial charge in [0.1, 0.15) is 18.2 Å². The van der Waals surface area contributed by atoms with Crippen molar-refractivity contribution in [2.75, 3.05) is 44.4 Å². The van der Waals surface area contributed by atoms with E-state index < -0.39 is 11.8 Å². The number of nitrogens with one attached hydrogen (secondary N) is 1. The second kappa shape index (κ2) is 11.7. The molecular formula is C30H38FN3O6. The summed E-state index contributed by atoms with van der Waals surface area (Å²) in [5.41, 5.74) is 2.48. The maximum Gasteiger partial charge on any atom is 0.303 e. The summed E-state index contributed by atoms with van der Waals surface area (Å²) in [5, 5.41) is 17.8. The number of hydrogen-bond acceptors (Lipinski definition) is 7. The highest BCUT2D eigenvalue weighted by Gasteiger charge is 2.34. The highest BCUT2D eigenvalue weighted by molar-refractivity contribution is 6.06. The number of hydrogen-bond donors (Lipinski definition) is 2. The molecule has 0 aromatic heterocycles. The summed E-state index contributed by atoms with van der Waals surface area (Å²) in [6.07, 6.45) is 0.529. The standard InChI is InChI=1S/C30H38FN3O6/c1-6-38-23-15-19-16-34(29(32)25(19)26(31)28(23)39-7-2)17-22(35)18-13-20(30(3,4)5)27-21(14-18)33(11-12-40-27)10-8-9-24(36)37/h13-15,32H,6-12,16-17H2,1-5H3,(H,36,37). The molecule has 2 aromatic carbocycles. The second-order valence-electron chi connectivity index (χ2n) is 11.0. The fourth-order valence-corrected chi connectivity index (χ4v) is 5.17. The van der Waals surface area contributed by atoms with Crippen LogP contribution >= 0.6 is 0 Å². The monoisotopic (exact) mass is 555 g/mol. The van der Waals surface area contributed by atoms with Crippen LogP contribution < -0.4 is 19.1 Å². The summed E-state index contributed by atoms with van der Waals surface area (Å²) in [6, 6.07) is 5.32. The smallest absolute Gasteiger partial charge is 0.303 e. The number of carboxylic acids is 1. The molecule has 0 aliphatic carbocycles. The van der Waals surface area contributed by atoms with Gasteiger partial charge in [0.25, 0.3) is 0 Å². The lowest BCUT2D eigenvalue weighted by Gasteiger charge is -2.35. The SMILES string of the molecule is CCOc1cc2c(c(F)c1OCC)C(=N)N(CC(=O)c1cc3c(c(C(C)(C)C)c1)OCCN3CCCC(=O)O)C2. The lowest BCUT2D eigenvalue weighted by Crippen LogP contribution is -2.35. The first-order chi connectivity index (χ1) is 19.0. The number of Topliss-reactive ketones (excluding diaryl/α,β-unsaturated/α-hetero) is 1. The average molecular weight is 556 g/mol. The van der Waals surface area contributed by atoms with E-state index >= 15 is 4.39 Å². The number of aliphatic carboxylic acids is 1. The Labute approximate surface area is 234 Å². The molecule has 2 aromatic rings. The Morgan fingerprint density at radius 1 is 1.12 bits per heavy atom. The average Bonchev–Trinajstić information content (AvgIpc) is 3.19. The summed E-state index contributed by atoms with van der Waals surface area (Å²) in [7, 11) is 0. The molecule has 40 heavy (non-hydrogen) atoms. The zero-order chi connectivity index (χ0) is 29.2. The normalized spacial score (nSPS) is 14.5. The molecule has 0 spiro atoms. The van der Waals surface area contributed by atoms with E-state index in [1.807, 2.05) is 26.8 Å². The molecule has 9 nitrogen and oxygen atoms in total. The number of nitrogens with zero attached hydrogens (tertiary/aromatic N) is 2. The number of amidine groups is 1. The van der Waals surface area contributed by atoms with E-state index in [-0.39, 0.29) is 60.2 Å². The van der Waals surface area contributed by atoms with Crippen molar-refractivity contribution in [3.8, 4) is 17.2 Å². The lowest BCUT2D eigenvalue weighted by molar-refractivity contribution is -0.137. The van der Waals surface area contributed by atoms with Crippen LogP contribution in [0.1, 0.15) is 74.5 Å². The highest BCUT2D eigenvalue weighted by atomic mass is 19.1. The Kier molecular flexibility index (Phi) is 8.56. The van der Waals surface area contributed by atoms with Crippen LogP contribution in [0, 0.1) is 11.2 Å². The van der Waals surface area contributed by atoms with Crippen LogP contribution in [0.5, 0.6) is 17.2 Å². The summed E-state index contributed by atoms with van der Waals surface area (Å²) in [4.78, 5) is 28.4. The van der Waals surface area contributed by atoms with Gasteiger partial charge in [-0.2, -0.15) is 0 Å². The number of rotatable bonds is 11. The van der Waals surface area contributed by atoms with Crippen molar-refractivity contribution in [2.45, 2.75) is 59.4 Å². The van der Waals surface area contributed by atoms with Crippen LogP contribution in [0.25, 0.3) is 0 Å². The molecular weight excluding hydrogens is 517 g/mol. The predicted octanol–water partition coefficient (Wildman–Crippen LogP) is 5.01. The molecule has 0 bridgehead atoms. The van der Waals surface area contributed by atoms with Gasteiger partial charge >= 0.3 is 5.97 Å². The third-order valence-electron chi connectivity index (χ3n) is 7.07. The molecule has 0 atom stereocenters. The molecule has 4 rings (SSSR count). The van der Waals surface area contributed by atoms with E-state index in [1.54, 1.807) is 30.9 Å². The molecule has 0 radical (unpaired) electrons. The van der Waals surface area contributed by atoms with Crippen LogP contribution in [0.2, 0.25) is 0 Å². The first-order valence-corrected chi connectivity index (χ1v) is 13.7. The van der Waals surface area contributed by atoms with Gasteiger partial charge in [-0.25, -0.2) is 4.39 Å². The van der Waals surface area contributed by atoms with Crippen molar-refractivity contribution < 1.29 is 33.3 Å². The molecule has 216 valence electrons. The maximum atomic E-state index is 15.5. The van der Waals surface area contributed by atoms with E-state index in [0.29, 0.717) is 49.6 Å². The van der Waals surface area contributed by atoms with Crippen molar-refractivity contribution in [3.63, 3.8) is 0 Å². The molecule has 2 aliphatic heterocycles. The van der Waals surface area contributed by atoms with Crippen LogP contribution in [0.4, 0.5) is 10.1 Å². The largest absolute Gasteiger partial charge is 0.490 e. The van der Waals surface area contributed by atoms with E-state index in [0.717, 1.165) is 11.3 Å². The number of carbonyl (C=O) groups excluding carboxylic acids is 1. The molecule has 2 heterocycles. The molecule has 0 unspecified atom stereocenters. The minimum Gasteiger partial charge on any atom is -0.490 e. The molecule has 2 N–H and O–H groups in total. The van der Waals surface area contributed by atoms with E-state index in [4.69, 9.17) is 24.7 Å². The maximum absolute atomic E-state index is 15.5. The minimum atomic E-state index is -0.847. The van der Waals surface area contributed by atoms with Gasteiger partial charge in [0.05, 0.1) is 37.6 Å². The first-order valence-electron chi connectivity index (χ1n) is 13.7. The van der Waals surface area contributed by atoms with Gasteiger partial charge in [0, 0.05) is 30.6 Å². The van der Waals surface area contributed by atoms with Crippen LogP contribution in [0.15, 0.2) is 18.2 Å². The number of carbonyl (C=O) groups is 2. The van der Waals surface area contributed by atoms with Gasteiger partial charge < -0.3 is 29.1 Å². The molecule has 0 saturated carbocycles. The van der Waals surface area contributed by atoms with Gasteiger partial charge in [-0.05, 0) is 49.4 Å². The minimum absolute atomic E-state index is 0.0199. The third-order valence-corrected chi connectivity index (χ3v) is 7.07. The topological polar surface area (TPSA) is 112 Å². The molecule has 0 fully saturated rings. The van der Waals surface area contributed by atoms with Crippen molar-refractivity contribution in [3.05, 3.63) is 46.3 Å². The second-order valence-corrected chi connectivity index (χ2v) is 11.0. The number of carboxylic acid groups (broad SMARTS) is 1. The van der Waals surface area contributed by atoms with Crippen LogP contribution in [0.3, 0.4) is 0 Å². The molecule has 0 amide bonds. The number of halogens is 1. The highest BCUT2D eigenvalue weighted by Crippen LogP contribution is 2.43. The van der Waals surface area contributed by atoms with Crippen molar-refractivity contribution in [2.24, 2.45) is 0 Å². The fraction of sp³-hybridized carbons (Fsp3) is 0.500. The van der Waals surface area contributed by atoms with Gasteiger partial charge in [-0.1, -0.05) is 20.8 Å². The van der Waals surface area contributed by atoms with Crippen molar-refractivity contribution >= 4 is 23.3 Å². The van der Waals surface area contributed by atoms with Gasteiger partial charge in [-0.15, -0.1) is 0 Å². The Morgan fingerprint density at radius 3 is 2.50 bits per heavy atom. The van der Waals surface area contributed by atoms with Crippen LogP contribution in [-0.4, -0.2) is 67.0 Å². The lowest BCUT2D eigenvalue weighted by atomic mass is 9.84. The van der Waals surface area contributed by atoms with E-state index in [9.17, 15) is 9.59 Å². The summed E-state index contributed by atoms with van der Waals surface area (Å²) in [5.74, 6) is -0.806. The van der Waals surface area contributed by atoms with Gasteiger partial charge in [0.2, 0.25) is 0 Å². The van der Waals surface area contributed by atoms with Gasteiger partial charge in [-0.3, -0.25) is 15.0 Å². The Bertz CT molecular complexity index is 1320. The zero-order valence-electron chi connectivity index (χ0n) is 23.9. The first kappa shape index (κ1) is 29.2. The number of benzene rings is 2.